The number of alkyl halides is 3. The van der Waals surface area contributed by atoms with Gasteiger partial charge in [-0.15, -0.1) is 0 Å². The van der Waals surface area contributed by atoms with Crippen molar-refractivity contribution >= 4 is 98.1 Å². The van der Waals surface area contributed by atoms with Gasteiger partial charge in [-0.1, -0.05) is 92.4 Å². The molecule has 0 saturated carbocycles. The molecule has 2 aliphatic rings. The van der Waals surface area contributed by atoms with E-state index in [-0.39, 0.29) is 69.3 Å². The van der Waals surface area contributed by atoms with Crippen LogP contribution in [-0.4, -0.2) is 62.9 Å². The van der Waals surface area contributed by atoms with Crippen LogP contribution in [0.2, 0.25) is 0 Å². The molecule has 1 unspecified atom stereocenters. The lowest BCUT2D eigenvalue weighted by Crippen LogP contribution is -2.44. The summed E-state index contributed by atoms with van der Waals surface area (Å²) < 4.78 is 16.3. The number of aliphatic hydroxyl groups is 1. The van der Waals surface area contributed by atoms with Gasteiger partial charge in [0.25, 0.3) is 5.91 Å². The number of benzene rings is 1. The first-order valence-electron chi connectivity index (χ1n) is 12.9. The summed E-state index contributed by atoms with van der Waals surface area (Å²) in [5.41, 5.74) is 3.87. The molecule has 4 heterocycles. The lowest BCUT2D eigenvalue weighted by atomic mass is 9.84. The third kappa shape index (κ3) is 6.68. The van der Waals surface area contributed by atoms with Gasteiger partial charge in [0.05, 0.1) is 28.2 Å². The second kappa shape index (κ2) is 12.6. The second-order valence-electron chi connectivity index (χ2n) is 10.6. The standard InChI is InChI=1S/C29H35I4N5O2/c1-19-24(18-38(36-19)23-12-10-22(30-4)11-13-23)27(39)35-25-14-9-20(26(34-25)29(31-5)32-33(29)6)16-37-15-7-8-21(17-37)28(2,3)40/h9-14,18,21,40H,4-8,15-17H2,1-3H3,(H,34,35,39)/t21-,29?/m0/s1. The van der Waals surface area contributed by atoms with Gasteiger partial charge in [0.1, 0.15) is 5.82 Å². The Hall–Kier alpha value is -0.500. The maximum absolute atomic E-state index is 13.4. The SMILES string of the molecule is C=Ic1ccc(-n2cc(C(=O)Nc3ccc(CN4CCC[C@H](C(C)(C)O)C4)c(C4(I=C)I=I4=C)n3)c(C)n2)cc1. The number of hydrogen-bond acceptors (Lipinski definition) is 5. The minimum absolute atomic E-state index is 0.0488. The van der Waals surface area contributed by atoms with E-state index in [1.165, 1.54) is 9.13 Å². The molecule has 0 spiro atoms. The van der Waals surface area contributed by atoms with Crippen LogP contribution in [0.1, 0.15) is 54.0 Å². The summed E-state index contributed by atoms with van der Waals surface area (Å²) in [4.78, 5) is 21.0. The zero-order valence-corrected chi connectivity index (χ0v) is 31.6. The molecular weight excluding hydrogens is 958 g/mol. The molecule has 2 N–H and O–H groups in total. The highest BCUT2D eigenvalue weighted by molar-refractivity contribution is 14.9. The van der Waals surface area contributed by atoms with Crippen LogP contribution in [0, 0.1) is 16.4 Å². The van der Waals surface area contributed by atoms with Crippen molar-refractivity contribution in [3.8, 4) is 5.69 Å². The van der Waals surface area contributed by atoms with Crippen LogP contribution < -0.4 is 5.32 Å². The Morgan fingerprint density at radius 1 is 1.27 bits per heavy atom. The number of pyridine rings is 1. The fourth-order valence-electron chi connectivity index (χ4n) is 4.99. The van der Waals surface area contributed by atoms with Crippen molar-refractivity contribution in [2.24, 2.45) is 5.92 Å². The highest BCUT2D eigenvalue weighted by Gasteiger charge is 2.43. The number of halogens is 4. The van der Waals surface area contributed by atoms with E-state index in [4.69, 9.17) is 4.98 Å². The molecule has 2 aromatic heterocycles. The topological polar surface area (TPSA) is 83.3 Å². The number of piperidine rings is 1. The molecule has 40 heavy (non-hydrogen) atoms. The van der Waals surface area contributed by atoms with Crippen LogP contribution in [0.4, 0.5) is 5.82 Å². The van der Waals surface area contributed by atoms with Crippen LogP contribution in [0.25, 0.3) is 5.69 Å². The summed E-state index contributed by atoms with van der Waals surface area (Å²) in [5, 5.41) is 18.3. The van der Waals surface area contributed by atoms with Gasteiger partial charge in [-0.2, -0.15) is 5.10 Å². The van der Waals surface area contributed by atoms with E-state index in [0.29, 0.717) is 17.1 Å². The second-order valence-corrected chi connectivity index (χ2v) is 35.9. The van der Waals surface area contributed by atoms with Gasteiger partial charge in [-0.25, -0.2) is 9.67 Å². The summed E-state index contributed by atoms with van der Waals surface area (Å²) in [5.74, 6) is 0.653. The Bertz CT molecular complexity index is 1550. The van der Waals surface area contributed by atoms with Crippen molar-refractivity contribution in [1.82, 2.24) is 19.7 Å². The number of anilines is 1. The van der Waals surface area contributed by atoms with Crippen molar-refractivity contribution in [1.29, 1.82) is 0 Å². The number of hydrogen-bond donors (Lipinski definition) is 2. The van der Waals surface area contributed by atoms with Crippen LogP contribution in [0.3, 0.4) is 0 Å². The Labute approximate surface area is 268 Å². The molecule has 5 rings (SSSR count). The van der Waals surface area contributed by atoms with Gasteiger partial charge in [0, 0.05) is 22.9 Å². The Morgan fingerprint density at radius 2 is 2.00 bits per heavy atom. The molecule has 1 fully saturated rings. The molecule has 0 aliphatic carbocycles. The molecule has 11 heteroatoms. The van der Waals surface area contributed by atoms with Crippen molar-refractivity contribution in [2.75, 3.05) is 18.4 Å². The highest BCUT2D eigenvalue weighted by Crippen LogP contribution is 2.79. The minimum atomic E-state index is -1.24. The van der Waals surface area contributed by atoms with Crippen LogP contribution in [0.15, 0.2) is 42.6 Å². The molecule has 0 bridgehead atoms. The van der Waals surface area contributed by atoms with Gasteiger partial charge in [-0.05, 0) is 82.0 Å². The predicted molar refractivity (Wildman–Crippen MR) is 203 cm³/mol. The minimum Gasteiger partial charge on any atom is -0.390 e. The number of amides is 1. The summed E-state index contributed by atoms with van der Waals surface area (Å²) >= 11 is -1.67. The van der Waals surface area contributed by atoms with Crippen LogP contribution in [-0.2, 0) is 5.98 Å². The largest absolute Gasteiger partial charge is 0.390 e. The Kier molecular flexibility index (Phi) is 9.76. The molecule has 216 valence electrons. The number of rotatable bonds is 9. The Balaban J connectivity index is 1.38. The van der Waals surface area contributed by atoms with Crippen molar-refractivity contribution < 1.29 is 9.90 Å². The first-order valence-corrected chi connectivity index (χ1v) is 28.1. The molecule has 3 aromatic rings. The maximum atomic E-state index is 13.4. The van der Waals surface area contributed by atoms with Crippen molar-refractivity contribution in [3.63, 3.8) is 0 Å². The average Bonchev–Trinajstić information content (AvgIpc) is 3.45. The van der Waals surface area contributed by atoms with Gasteiger partial charge in [0.15, 0.2) is -0.565 Å². The van der Waals surface area contributed by atoms with E-state index in [1.807, 2.05) is 39.0 Å². The summed E-state index contributed by atoms with van der Waals surface area (Å²) in [7, 11) is 0. The predicted octanol–water partition coefficient (Wildman–Crippen LogP) is 6.73. The molecule has 7 nitrogen and oxygen atoms in total. The highest BCUT2D eigenvalue weighted by atomic mass is 128. The lowest BCUT2D eigenvalue weighted by Gasteiger charge is -2.39. The van der Waals surface area contributed by atoms with Gasteiger partial charge >= 0.3 is 0 Å². The summed E-state index contributed by atoms with van der Waals surface area (Å²) in [6, 6.07) is 12.3. The van der Waals surface area contributed by atoms with E-state index >= 15 is 0 Å². The zero-order valence-electron chi connectivity index (χ0n) is 22.9. The van der Waals surface area contributed by atoms with Crippen molar-refractivity contribution in [2.45, 2.75) is 45.2 Å². The average molecular weight is 993 g/mol. The fourth-order valence-corrected chi connectivity index (χ4v) is 41.5. The zero-order chi connectivity index (χ0) is 28.7. The fraction of sp³-hybridized carbons (Fsp3) is 0.379. The molecule has 0 radical (unpaired) electrons. The quantitative estimate of drug-likeness (QED) is 0.184. The van der Waals surface area contributed by atoms with E-state index in [0.717, 1.165) is 43.9 Å². The van der Waals surface area contributed by atoms with E-state index in [2.05, 4.69) is 47.1 Å². The molecule has 2 aliphatic heterocycles. The smallest absolute Gasteiger partial charge is 0.260 e. The van der Waals surface area contributed by atoms with Gasteiger partial charge in [0.2, 0.25) is 0 Å². The molecule has 2 atom stereocenters. The molecule has 1 aromatic carbocycles. The normalized spacial score (nSPS) is 21.9. The maximum Gasteiger partial charge on any atom is 0.260 e. The van der Waals surface area contributed by atoms with E-state index < -0.39 is 20.3 Å². The van der Waals surface area contributed by atoms with Gasteiger partial charge in [-0.3, -0.25) is 9.69 Å². The van der Waals surface area contributed by atoms with E-state index in [9.17, 15) is 9.90 Å². The number of nitrogens with zero attached hydrogens (tertiary/aromatic N) is 4. The molecule has 1 saturated heterocycles. The number of nitrogens with one attached hydrogen (secondary N) is 1. The van der Waals surface area contributed by atoms with Crippen LogP contribution >= 0.6 is 72.8 Å². The summed E-state index contributed by atoms with van der Waals surface area (Å²) in [6.07, 6.45) is 3.94. The number of carbonyl (C=O) groups is 1. The number of aromatic nitrogens is 3. The third-order valence-electron chi connectivity index (χ3n) is 7.36. The Morgan fingerprint density at radius 3 is 2.62 bits per heavy atom. The van der Waals surface area contributed by atoms with E-state index in [1.54, 1.807) is 10.9 Å². The third-order valence-corrected chi connectivity index (χ3v) is 44.9. The summed E-state index contributed by atoms with van der Waals surface area (Å²) in [6.45, 7) is 8.45. The monoisotopic (exact) mass is 993 g/mol. The number of carbonyl (C=O) groups excluding carboxylic acids is 1. The van der Waals surface area contributed by atoms with Gasteiger partial charge < -0.3 is 10.4 Å². The first-order chi connectivity index (χ1) is 19.0. The number of likely N-dealkylation sites (tertiary alicyclic amines) is 1. The molecular formula is C29H35I4N5O2. The van der Waals surface area contributed by atoms with Crippen molar-refractivity contribution in [3.05, 3.63) is 68.7 Å². The molecule has 1 amide bonds. The first kappa shape index (κ1) is 30.9. The lowest BCUT2D eigenvalue weighted by molar-refractivity contribution is -0.0198. The number of aryl methyl sites for hydroxylation is 1. The van der Waals surface area contributed by atoms with Crippen LogP contribution in [0.5, 0.6) is 0 Å².